The Morgan fingerprint density at radius 3 is 2.75 bits per heavy atom. The molecule has 70 valence electrons. The Balaban J connectivity index is 2.17. The molecule has 0 amide bonds. The van der Waals surface area contributed by atoms with Gasteiger partial charge in [0, 0.05) is 12.6 Å². The molecule has 1 heterocycles. The molecule has 1 aliphatic rings. The van der Waals surface area contributed by atoms with Crippen molar-refractivity contribution in [3.05, 3.63) is 0 Å². The minimum Gasteiger partial charge on any atom is -0.463 e. The van der Waals surface area contributed by atoms with Gasteiger partial charge < -0.3 is 15.2 Å². The first-order chi connectivity index (χ1) is 5.61. The van der Waals surface area contributed by atoms with Crippen LogP contribution in [0.3, 0.4) is 0 Å². The van der Waals surface area contributed by atoms with Gasteiger partial charge in [0.05, 0.1) is 12.0 Å². The first-order valence-corrected chi connectivity index (χ1v) is 4.19. The fraction of sp³-hybridized carbons (Fsp3) is 0.875. The molecular weight excluding hydrogens is 158 g/mol. The topological polar surface area (TPSA) is 68.5 Å². The maximum absolute atomic E-state index is 11.2. The van der Waals surface area contributed by atoms with Gasteiger partial charge in [-0.2, -0.15) is 0 Å². The van der Waals surface area contributed by atoms with Crippen molar-refractivity contribution in [1.29, 1.82) is 0 Å². The fourth-order valence-electron chi connectivity index (χ4n) is 0.920. The average Bonchev–Trinajstić information content (AvgIpc) is 2.80. The van der Waals surface area contributed by atoms with Crippen LogP contribution in [0.2, 0.25) is 0 Å². The molecule has 0 saturated carbocycles. The SMILES string of the molecule is CC(O)COC(=O)C(C)C1CN1. The van der Waals surface area contributed by atoms with E-state index in [1.54, 1.807) is 6.92 Å². The van der Waals surface area contributed by atoms with Crippen molar-refractivity contribution in [1.82, 2.24) is 5.32 Å². The van der Waals surface area contributed by atoms with Crippen molar-refractivity contribution in [2.24, 2.45) is 5.92 Å². The number of carbonyl (C=O) groups excluding carboxylic acids is 1. The van der Waals surface area contributed by atoms with Crippen LogP contribution in [0.25, 0.3) is 0 Å². The molecule has 0 bridgehead atoms. The predicted octanol–water partition coefficient (Wildman–Crippen LogP) is -0.482. The van der Waals surface area contributed by atoms with Gasteiger partial charge in [0.1, 0.15) is 6.61 Å². The summed E-state index contributed by atoms with van der Waals surface area (Å²) in [6.07, 6.45) is -0.576. The molecule has 1 aliphatic heterocycles. The van der Waals surface area contributed by atoms with Gasteiger partial charge in [0.15, 0.2) is 0 Å². The van der Waals surface area contributed by atoms with Crippen molar-refractivity contribution in [2.75, 3.05) is 13.2 Å². The fourth-order valence-corrected chi connectivity index (χ4v) is 0.920. The molecule has 0 aliphatic carbocycles. The van der Waals surface area contributed by atoms with Crippen LogP contribution in [0.15, 0.2) is 0 Å². The highest BCUT2D eigenvalue weighted by molar-refractivity contribution is 5.73. The minimum atomic E-state index is -0.576. The lowest BCUT2D eigenvalue weighted by Gasteiger charge is -2.10. The zero-order valence-electron chi connectivity index (χ0n) is 7.41. The van der Waals surface area contributed by atoms with E-state index in [1.165, 1.54) is 0 Å². The molecule has 4 nitrogen and oxygen atoms in total. The molecule has 0 radical (unpaired) electrons. The number of hydrogen-bond donors (Lipinski definition) is 2. The number of hydrogen-bond acceptors (Lipinski definition) is 4. The Kier molecular flexibility index (Phi) is 3.05. The van der Waals surface area contributed by atoms with Gasteiger partial charge in [-0.25, -0.2) is 0 Å². The number of nitrogens with one attached hydrogen (secondary N) is 1. The number of ether oxygens (including phenoxy) is 1. The van der Waals surface area contributed by atoms with Crippen molar-refractivity contribution in [3.8, 4) is 0 Å². The average molecular weight is 173 g/mol. The number of carbonyl (C=O) groups is 1. The van der Waals surface area contributed by atoms with Gasteiger partial charge in [0.2, 0.25) is 0 Å². The van der Waals surface area contributed by atoms with Crippen LogP contribution in [0.4, 0.5) is 0 Å². The van der Waals surface area contributed by atoms with E-state index in [9.17, 15) is 4.79 Å². The maximum atomic E-state index is 11.2. The van der Waals surface area contributed by atoms with Gasteiger partial charge in [-0.05, 0) is 6.92 Å². The Morgan fingerprint density at radius 2 is 2.33 bits per heavy atom. The van der Waals surface area contributed by atoms with Gasteiger partial charge in [-0.1, -0.05) is 6.92 Å². The van der Waals surface area contributed by atoms with Crippen LogP contribution in [0, 0.1) is 5.92 Å². The quantitative estimate of drug-likeness (QED) is 0.445. The van der Waals surface area contributed by atoms with E-state index in [-0.39, 0.29) is 24.5 Å². The molecule has 0 aromatic heterocycles. The van der Waals surface area contributed by atoms with Gasteiger partial charge in [-0.3, -0.25) is 4.79 Å². The van der Waals surface area contributed by atoms with E-state index in [1.807, 2.05) is 6.92 Å². The molecular formula is C8H15NO3. The molecule has 0 aromatic carbocycles. The third-order valence-corrected chi connectivity index (χ3v) is 1.88. The van der Waals surface area contributed by atoms with Crippen molar-refractivity contribution in [3.63, 3.8) is 0 Å². The second kappa shape index (κ2) is 3.87. The van der Waals surface area contributed by atoms with Crippen molar-refractivity contribution in [2.45, 2.75) is 26.0 Å². The Bertz CT molecular complexity index is 166. The van der Waals surface area contributed by atoms with E-state index in [0.717, 1.165) is 6.54 Å². The lowest BCUT2D eigenvalue weighted by molar-refractivity contribution is -0.150. The van der Waals surface area contributed by atoms with E-state index in [4.69, 9.17) is 9.84 Å². The van der Waals surface area contributed by atoms with Crippen LogP contribution < -0.4 is 5.32 Å². The maximum Gasteiger partial charge on any atom is 0.310 e. The van der Waals surface area contributed by atoms with Crippen LogP contribution in [0.1, 0.15) is 13.8 Å². The van der Waals surface area contributed by atoms with Gasteiger partial charge in [0.25, 0.3) is 0 Å². The molecule has 1 fully saturated rings. The molecule has 3 unspecified atom stereocenters. The highest BCUT2D eigenvalue weighted by Crippen LogP contribution is 2.12. The van der Waals surface area contributed by atoms with E-state index >= 15 is 0 Å². The molecule has 3 atom stereocenters. The lowest BCUT2D eigenvalue weighted by Crippen LogP contribution is -2.24. The van der Waals surface area contributed by atoms with Crippen LogP contribution in [0.5, 0.6) is 0 Å². The number of esters is 1. The summed E-state index contributed by atoms with van der Waals surface area (Å²) in [5.41, 5.74) is 0. The third kappa shape index (κ3) is 2.79. The van der Waals surface area contributed by atoms with Crippen molar-refractivity contribution >= 4 is 5.97 Å². The summed E-state index contributed by atoms with van der Waals surface area (Å²) in [5, 5.41) is 11.9. The lowest BCUT2D eigenvalue weighted by atomic mass is 10.1. The summed E-state index contributed by atoms with van der Waals surface area (Å²) in [7, 11) is 0. The Hall–Kier alpha value is -0.610. The van der Waals surface area contributed by atoms with Crippen molar-refractivity contribution < 1.29 is 14.6 Å². The molecule has 0 spiro atoms. The summed E-state index contributed by atoms with van der Waals surface area (Å²) in [5.74, 6) is -0.324. The summed E-state index contributed by atoms with van der Waals surface area (Å²) < 4.78 is 4.84. The first-order valence-electron chi connectivity index (χ1n) is 4.19. The monoisotopic (exact) mass is 173 g/mol. The third-order valence-electron chi connectivity index (χ3n) is 1.88. The highest BCUT2D eigenvalue weighted by Gasteiger charge is 2.33. The van der Waals surface area contributed by atoms with E-state index < -0.39 is 6.10 Å². The van der Waals surface area contributed by atoms with E-state index in [2.05, 4.69) is 5.32 Å². The molecule has 1 saturated heterocycles. The summed E-state index contributed by atoms with van der Waals surface area (Å²) in [4.78, 5) is 11.2. The molecule has 1 rings (SSSR count). The zero-order chi connectivity index (χ0) is 9.14. The normalized spacial score (nSPS) is 26.1. The molecule has 4 heteroatoms. The Morgan fingerprint density at radius 1 is 1.75 bits per heavy atom. The molecule has 0 aromatic rings. The molecule has 2 N–H and O–H groups in total. The van der Waals surface area contributed by atoms with Crippen LogP contribution in [-0.2, 0) is 9.53 Å². The van der Waals surface area contributed by atoms with Crippen LogP contribution >= 0.6 is 0 Å². The number of aliphatic hydroxyl groups is 1. The number of aliphatic hydroxyl groups excluding tert-OH is 1. The predicted molar refractivity (Wildman–Crippen MR) is 43.6 cm³/mol. The Labute approximate surface area is 71.9 Å². The largest absolute Gasteiger partial charge is 0.463 e. The smallest absolute Gasteiger partial charge is 0.310 e. The highest BCUT2D eigenvalue weighted by atomic mass is 16.5. The summed E-state index contributed by atoms with van der Waals surface area (Å²) in [6, 6.07) is 0.284. The second-order valence-corrected chi connectivity index (χ2v) is 3.28. The van der Waals surface area contributed by atoms with Gasteiger partial charge in [-0.15, -0.1) is 0 Å². The second-order valence-electron chi connectivity index (χ2n) is 3.28. The summed E-state index contributed by atoms with van der Waals surface area (Å²) >= 11 is 0. The van der Waals surface area contributed by atoms with Gasteiger partial charge >= 0.3 is 5.97 Å². The number of rotatable bonds is 4. The minimum absolute atomic E-state index is 0.0931. The first kappa shape index (κ1) is 9.48. The standard InChI is InChI=1S/C8H15NO3/c1-5(10)4-12-8(11)6(2)7-3-9-7/h5-7,9-10H,3-4H2,1-2H3. The molecule has 12 heavy (non-hydrogen) atoms. The summed E-state index contributed by atoms with van der Waals surface area (Å²) in [6.45, 7) is 4.41. The van der Waals surface area contributed by atoms with E-state index in [0.29, 0.717) is 0 Å². The van der Waals surface area contributed by atoms with Crippen LogP contribution in [-0.4, -0.2) is 36.4 Å². The zero-order valence-corrected chi connectivity index (χ0v) is 7.41.